The van der Waals surface area contributed by atoms with Crippen LogP contribution >= 0.6 is 23.2 Å². The van der Waals surface area contributed by atoms with Gasteiger partial charge in [0.2, 0.25) is 5.91 Å². The van der Waals surface area contributed by atoms with Gasteiger partial charge in [0.1, 0.15) is 0 Å². The third-order valence-corrected chi connectivity index (χ3v) is 6.23. The van der Waals surface area contributed by atoms with Crippen LogP contribution in [0, 0.1) is 5.92 Å². The van der Waals surface area contributed by atoms with Crippen LogP contribution in [0.3, 0.4) is 0 Å². The summed E-state index contributed by atoms with van der Waals surface area (Å²) in [7, 11) is 3.97. The van der Waals surface area contributed by atoms with Crippen LogP contribution in [-0.4, -0.2) is 66.9 Å². The predicted octanol–water partition coefficient (Wildman–Crippen LogP) is 4.89. The number of rotatable bonds is 6. The highest BCUT2D eigenvalue weighted by atomic mass is 35.5. The lowest BCUT2D eigenvalue weighted by atomic mass is 9.99. The summed E-state index contributed by atoms with van der Waals surface area (Å²) in [6.07, 6.45) is 0. The molecule has 4 nitrogen and oxygen atoms in total. The Labute approximate surface area is 190 Å². The molecule has 1 heterocycles. The molecule has 1 aliphatic rings. The van der Waals surface area contributed by atoms with Gasteiger partial charge >= 0.3 is 0 Å². The first kappa shape index (κ1) is 23.1. The van der Waals surface area contributed by atoms with E-state index in [1.54, 1.807) is 0 Å². The highest BCUT2D eigenvalue weighted by Crippen LogP contribution is 2.29. The minimum absolute atomic E-state index is 0.0654. The number of amides is 1. The number of carbonyl (C=O) groups excluding carboxylic acids is 1. The Hall–Kier alpha value is -1.59. The molecule has 0 saturated carbocycles. The van der Waals surface area contributed by atoms with E-state index in [2.05, 4.69) is 24.8 Å². The van der Waals surface area contributed by atoms with Crippen LogP contribution in [0.15, 0.2) is 42.5 Å². The third kappa shape index (κ3) is 5.55. The zero-order valence-corrected chi connectivity index (χ0v) is 19.7. The SMILES string of the molecule is CC(C)[C@@H](C(=O)N1CCN(Cc2ccc(Cl)cc2-c2ccc(Cl)cc2)CC1)N(C)C. The van der Waals surface area contributed by atoms with Crippen LogP contribution < -0.4 is 0 Å². The van der Waals surface area contributed by atoms with Gasteiger partial charge in [-0.1, -0.05) is 55.2 Å². The van der Waals surface area contributed by atoms with Crippen LogP contribution in [-0.2, 0) is 11.3 Å². The Morgan fingerprint density at radius 2 is 1.57 bits per heavy atom. The van der Waals surface area contributed by atoms with Gasteiger partial charge in [0.25, 0.3) is 0 Å². The number of hydrogen-bond acceptors (Lipinski definition) is 3. The highest BCUT2D eigenvalue weighted by molar-refractivity contribution is 6.31. The van der Waals surface area contributed by atoms with Gasteiger partial charge in [-0.3, -0.25) is 14.6 Å². The van der Waals surface area contributed by atoms with Crippen LogP contribution in [0.2, 0.25) is 10.0 Å². The van der Waals surface area contributed by atoms with Crippen molar-refractivity contribution in [1.29, 1.82) is 0 Å². The van der Waals surface area contributed by atoms with Gasteiger partial charge in [-0.15, -0.1) is 0 Å². The van der Waals surface area contributed by atoms with E-state index in [-0.39, 0.29) is 11.9 Å². The minimum Gasteiger partial charge on any atom is -0.339 e. The number of halogens is 2. The second kappa shape index (κ2) is 10.1. The molecule has 1 fully saturated rings. The molecule has 162 valence electrons. The molecule has 1 amide bonds. The van der Waals surface area contributed by atoms with Crippen molar-refractivity contribution in [2.24, 2.45) is 5.92 Å². The summed E-state index contributed by atoms with van der Waals surface area (Å²) >= 11 is 12.3. The molecule has 30 heavy (non-hydrogen) atoms. The fourth-order valence-corrected chi connectivity index (χ4v) is 4.54. The Morgan fingerprint density at radius 1 is 0.967 bits per heavy atom. The lowest BCUT2D eigenvalue weighted by Gasteiger charge is -2.38. The fraction of sp³-hybridized carbons (Fsp3) is 0.458. The Kier molecular flexibility index (Phi) is 7.81. The zero-order valence-electron chi connectivity index (χ0n) is 18.2. The van der Waals surface area contributed by atoms with Gasteiger partial charge in [-0.05, 0) is 61.0 Å². The topological polar surface area (TPSA) is 26.8 Å². The molecule has 0 aromatic heterocycles. The first-order chi connectivity index (χ1) is 14.3. The molecule has 0 radical (unpaired) electrons. The average Bonchev–Trinajstić information content (AvgIpc) is 2.70. The van der Waals surface area contributed by atoms with E-state index >= 15 is 0 Å². The first-order valence-corrected chi connectivity index (χ1v) is 11.2. The molecular formula is C24H31Cl2N3O. The summed E-state index contributed by atoms with van der Waals surface area (Å²) in [5.41, 5.74) is 3.47. The lowest BCUT2D eigenvalue weighted by molar-refractivity contribution is -0.139. The predicted molar refractivity (Wildman–Crippen MR) is 126 cm³/mol. The standard InChI is InChI=1S/C24H31Cl2N3O/c1-17(2)23(27(3)4)24(30)29-13-11-28(12-14-29)16-19-7-10-21(26)15-22(19)18-5-8-20(25)9-6-18/h5-10,15,17,23H,11-14,16H2,1-4H3/t23-/m0/s1. The van der Waals surface area contributed by atoms with E-state index in [0.717, 1.165) is 53.9 Å². The van der Waals surface area contributed by atoms with Crippen molar-refractivity contribution >= 4 is 29.1 Å². The van der Waals surface area contributed by atoms with Crippen molar-refractivity contribution < 1.29 is 4.79 Å². The first-order valence-electron chi connectivity index (χ1n) is 10.5. The van der Waals surface area contributed by atoms with Crippen molar-refractivity contribution in [3.8, 4) is 11.1 Å². The van der Waals surface area contributed by atoms with Crippen molar-refractivity contribution in [2.45, 2.75) is 26.4 Å². The van der Waals surface area contributed by atoms with Crippen LogP contribution in [0.5, 0.6) is 0 Å². The average molecular weight is 448 g/mol. The maximum Gasteiger partial charge on any atom is 0.240 e. The number of benzene rings is 2. The molecule has 0 unspecified atom stereocenters. The molecule has 2 aromatic carbocycles. The number of likely N-dealkylation sites (N-methyl/N-ethyl adjacent to an activating group) is 1. The molecular weight excluding hydrogens is 417 g/mol. The maximum absolute atomic E-state index is 13.0. The normalized spacial score (nSPS) is 16.3. The van der Waals surface area contributed by atoms with Gasteiger partial charge in [-0.2, -0.15) is 0 Å². The number of hydrogen-bond donors (Lipinski definition) is 0. The van der Waals surface area contributed by atoms with Gasteiger partial charge in [0, 0.05) is 42.8 Å². The van der Waals surface area contributed by atoms with Crippen LogP contribution in [0.25, 0.3) is 11.1 Å². The van der Waals surface area contributed by atoms with E-state index < -0.39 is 0 Å². The van der Waals surface area contributed by atoms with Gasteiger partial charge < -0.3 is 4.90 Å². The summed E-state index contributed by atoms with van der Waals surface area (Å²) < 4.78 is 0. The fourth-order valence-electron chi connectivity index (χ4n) is 4.24. The smallest absolute Gasteiger partial charge is 0.240 e. The molecule has 0 aliphatic carbocycles. The Bertz CT molecular complexity index is 851. The second-order valence-corrected chi connectivity index (χ2v) is 9.44. The second-order valence-electron chi connectivity index (χ2n) is 8.56. The highest BCUT2D eigenvalue weighted by Gasteiger charge is 2.31. The van der Waals surface area contributed by atoms with Crippen LogP contribution in [0.1, 0.15) is 19.4 Å². The van der Waals surface area contributed by atoms with E-state index in [0.29, 0.717) is 5.92 Å². The molecule has 1 atom stereocenters. The Balaban J connectivity index is 1.68. The van der Waals surface area contributed by atoms with Crippen molar-refractivity contribution in [3.63, 3.8) is 0 Å². The number of piperazine rings is 1. The molecule has 6 heteroatoms. The molecule has 0 N–H and O–H groups in total. The van der Waals surface area contributed by atoms with Gasteiger partial charge in [0.05, 0.1) is 6.04 Å². The summed E-state index contributed by atoms with van der Waals surface area (Å²) in [5, 5.41) is 1.45. The largest absolute Gasteiger partial charge is 0.339 e. The number of carbonyl (C=O) groups is 1. The third-order valence-electron chi connectivity index (χ3n) is 5.75. The van der Waals surface area contributed by atoms with Gasteiger partial charge in [-0.25, -0.2) is 0 Å². The molecule has 1 saturated heterocycles. The summed E-state index contributed by atoms with van der Waals surface area (Å²) in [4.78, 5) is 19.4. The molecule has 0 bridgehead atoms. The quantitative estimate of drug-likeness (QED) is 0.630. The van der Waals surface area contributed by atoms with E-state index in [1.807, 2.05) is 60.3 Å². The molecule has 0 spiro atoms. The van der Waals surface area contributed by atoms with Gasteiger partial charge in [0.15, 0.2) is 0 Å². The summed E-state index contributed by atoms with van der Waals surface area (Å²) in [5.74, 6) is 0.532. The minimum atomic E-state index is -0.0654. The Morgan fingerprint density at radius 3 is 2.13 bits per heavy atom. The summed E-state index contributed by atoms with van der Waals surface area (Å²) in [6, 6.07) is 13.9. The molecule has 2 aromatic rings. The maximum atomic E-state index is 13.0. The van der Waals surface area contributed by atoms with E-state index in [4.69, 9.17) is 23.2 Å². The van der Waals surface area contributed by atoms with Crippen molar-refractivity contribution in [2.75, 3.05) is 40.3 Å². The van der Waals surface area contributed by atoms with E-state index in [9.17, 15) is 4.79 Å². The zero-order chi connectivity index (χ0) is 21.8. The number of nitrogens with zero attached hydrogens (tertiary/aromatic N) is 3. The molecule has 1 aliphatic heterocycles. The van der Waals surface area contributed by atoms with Crippen molar-refractivity contribution in [3.05, 3.63) is 58.1 Å². The molecule has 3 rings (SSSR count). The monoisotopic (exact) mass is 447 g/mol. The van der Waals surface area contributed by atoms with Crippen LogP contribution in [0.4, 0.5) is 0 Å². The van der Waals surface area contributed by atoms with E-state index in [1.165, 1.54) is 5.56 Å². The summed E-state index contributed by atoms with van der Waals surface area (Å²) in [6.45, 7) is 8.31. The lowest BCUT2D eigenvalue weighted by Crippen LogP contribution is -2.55. The van der Waals surface area contributed by atoms with Crippen molar-refractivity contribution in [1.82, 2.24) is 14.7 Å².